The number of benzene rings is 1. The zero-order valence-corrected chi connectivity index (χ0v) is 21.0. The molecule has 3 aromatic heterocycles. The van der Waals surface area contributed by atoms with Crippen LogP contribution in [0.3, 0.4) is 0 Å². The number of ether oxygens (including phenoxy) is 1. The third-order valence-electron chi connectivity index (χ3n) is 6.90. The fourth-order valence-corrected chi connectivity index (χ4v) is 5.71. The van der Waals surface area contributed by atoms with Gasteiger partial charge in [-0.3, -0.25) is 4.79 Å². The highest BCUT2D eigenvalue weighted by atomic mass is 35.5. The molecule has 180 valence electrons. The van der Waals surface area contributed by atoms with Gasteiger partial charge in [0.15, 0.2) is 11.5 Å². The third kappa shape index (κ3) is 3.85. The van der Waals surface area contributed by atoms with Crippen molar-refractivity contribution in [3.63, 3.8) is 0 Å². The molecule has 1 aliphatic heterocycles. The van der Waals surface area contributed by atoms with Gasteiger partial charge < -0.3 is 24.5 Å². The maximum Gasteiger partial charge on any atom is 0.254 e. The first-order valence-corrected chi connectivity index (χ1v) is 12.4. The average molecular weight is 501 g/mol. The maximum atomic E-state index is 13.3. The van der Waals surface area contributed by atoms with Gasteiger partial charge in [-0.05, 0) is 49.8 Å². The monoisotopic (exact) mass is 500 g/mol. The van der Waals surface area contributed by atoms with E-state index in [1.807, 2.05) is 29.6 Å². The second kappa shape index (κ2) is 8.87. The van der Waals surface area contributed by atoms with Crippen molar-refractivity contribution in [3.05, 3.63) is 29.3 Å². The molecule has 1 unspecified atom stereocenters. The number of piperidine rings is 1. The Morgan fingerprint density at radius 3 is 2.82 bits per heavy atom. The molecule has 0 radical (unpaired) electrons. The number of rotatable bonds is 5. The number of fused-ring (bicyclic) bond motifs is 2. The first-order chi connectivity index (χ1) is 16.0. The number of likely N-dealkylation sites (tertiary alicyclic amines) is 1. The molecule has 1 aliphatic carbocycles. The van der Waals surface area contributed by atoms with E-state index in [0.717, 1.165) is 54.1 Å². The maximum absolute atomic E-state index is 13.3. The molecule has 0 spiro atoms. The molecule has 8 nitrogen and oxygen atoms in total. The number of nitrogens with two attached hydrogens (primary N) is 1. The number of aromatic nitrogens is 4. The Hall–Kier alpha value is -2.62. The van der Waals surface area contributed by atoms with Crippen molar-refractivity contribution in [2.75, 3.05) is 20.2 Å². The topological polar surface area (TPSA) is 91.2 Å². The van der Waals surface area contributed by atoms with Crippen molar-refractivity contribution in [2.24, 2.45) is 18.7 Å². The Morgan fingerprint density at radius 1 is 1.26 bits per heavy atom. The standard InChI is InChI=1S/C24H28N6O2S.ClH/c1-28-21-17(8-15(9-19(21)32-2)24(31)29-7-3-4-16(25)12-29)27-22(28)18-10-20-23(26-13-33-20)30(18)11-14-5-6-14;/h8-10,13-14,16H,3-7,11-12,25H2,1-2H3;1H. The molecule has 2 N–H and O–H groups in total. The molecular weight excluding hydrogens is 472 g/mol. The molecule has 1 atom stereocenters. The van der Waals surface area contributed by atoms with E-state index in [2.05, 4.69) is 20.2 Å². The number of halogens is 1. The first kappa shape index (κ1) is 23.1. The summed E-state index contributed by atoms with van der Waals surface area (Å²) in [6.07, 6.45) is 4.43. The smallest absolute Gasteiger partial charge is 0.254 e. The zero-order chi connectivity index (χ0) is 22.7. The molecule has 4 aromatic rings. The highest BCUT2D eigenvalue weighted by Gasteiger charge is 2.28. The summed E-state index contributed by atoms with van der Waals surface area (Å²) in [5.74, 6) is 2.21. The lowest BCUT2D eigenvalue weighted by Gasteiger charge is -2.30. The summed E-state index contributed by atoms with van der Waals surface area (Å²) in [4.78, 5) is 24.7. The van der Waals surface area contributed by atoms with Crippen molar-refractivity contribution in [2.45, 2.75) is 38.3 Å². The van der Waals surface area contributed by atoms with E-state index in [9.17, 15) is 4.79 Å². The lowest BCUT2D eigenvalue weighted by atomic mass is 10.0. The Morgan fingerprint density at radius 2 is 2.09 bits per heavy atom. The van der Waals surface area contributed by atoms with Gasteiger partial charge in [-0.2, -0.15) is 0 Å². The number of methoxy groups -OCH3 is 1. The Bertz CT molecular complexity index is 1370. The Kier molecular flexibility index (Phi) is 6.03. The van der Waals surface area contributed by atoms with Crippen molar-refractivity contribution >= 4 is 51.0 Å². The molecular formula is C24H29ClN6O2S. The number of carbonyl (C=O) groups is 1. The lowest BCUT2D eigenvalue weighted by molar-refractivity contribution is 0.0708. The van der Waals surface area contributed by atoms with Crippen LogP contribution in [0.25, 0.3) is 32.9 Å². The van der Waals surface area contributed by atoms with Gasteiger partial charge in [-0.15, -0.1) is 23.7 Å². The summed E-state index contributed by atoms with van der Waals surface area (Å²) < 4.78 is 11.3. The molecule has 1 saturated carbocycles. The van der Waals surface area contributed by atoms with Crippen LogP contribution in [0.15, 0.2) is 23.7 Å². The number of imidazole rings is 1. The summed E-state index contributed by atoms with van der Waals surface area (Å²) in [6.45, 7) is 2.28. The SMILES string of the molecule is COc1cc(C(=O)N2CCCC(N)C2)cc2nc(-c3cc4scnc4n3CC3CC3)n(C)c12.Cl. The van der Waals surface area contributed by atoms with Crippen LogP contribution >= 0.6 is 23.7 Å². The van der Waals surface area contributed by atoms with E-state index >= 15 is 0 Å². The molecule has 4 heterocycles. The number of thiazole rings is 1. The third-order valence-corrected chi connectivity index (χ3v) is 7.67. The fourth-order valence-electron chi connectivity index (χ4n) is 4.99. The van der Waals surface area contributed by atoms with E-state index in [-0.39, 0.29) is 24.4 Å². The number of aryl methyl sites for hydroxylation is 1. The molecule has 1 saturated heterocycles. The van der Waals surface area contributed by atoms with Gasteiger partial charge >= 0.3 is 0 Å². The largest absolute Gasteiger partial charge is 0.494 e. The van der Waals surface area contributed by atoms with Crippen molar-refractivity contribution in [1.82, 2.24) is 24.0 Å². The van der Waals surface area contributed by atoms with E-state index in [4.69, 9.17) is 15.5 Å². The molecule has 34 heavy (non-hydrogen) atoms. The summed E-state index contributed by atoms with van der Waals surface area (Å²) in [5.41, 5.74) is 12.3. The van der Waals surface area contributed by atoms with E-state index < -0.39 is 0 Å². The van der Waals surface area contributed by atoms with Crippen LogP contribution in [-0.2, 0) is 13.6 Å². The van der Waals surface area contributed by atoms with Crippen LogP contribution < -0.4 is 10.5 Å². The van der Waals surface area contributed by atoms with E-state index in [0.29, 0.717) is 23.8 Å². The molecule has 10 heteroatoms. The molecule has 1 aromatic carbocycles. The fraction of sp³-hybridized carbons (Fsp3) is 0.458. The van der Waals surface area contributed by atoms with Gasteiger partial charge in [0, 0.05) is 38.3 Å². The number of hydrogen-bond donors (Lipinski definition) is 1. The minimum atomic E-state index is -0.0145. The highest BCUT2D eigenvalue weighted by molar-refractivity contribution is 7.16. The predicted molar refractivity (Wildman–Crippen MR) is 137 cm³/mol. The quantitative estimate of drug-likeness (QED) is 0.446. The molecule has 1 amide bonds. The second-order valence-corrected chi connectivity index (χ2v) is 10.2. The van der Waals surface area contributed by atoms with Crippen LogP contribution in [0.4, 0.5) is 0 Å². The van der Waals surface area contributed by atoms with E-state index in [1.165, 1.54) is 17.5 Å². The number of amides is 1. The summed E-state index contributed by atoms with van der Waals surface area (Å²) in [5, 5.41) is 0. The normalized spacial score (nSPS) is 18.4. The molecule has 2 fully saturated rings. The predicted octanol–water partition coefficient (Wildman–Crippen LogP) is 4.06. The van der Waals surface area contributed by atoms with Crippen molar-refractivity contribution in [3.8, 4) is 17.3 Å². The van der Waals surface area contributed by atoms with Crippen LogP contribution in [0, 0.1) is 5.92 Å². The lowest BCUT2D eigenvalue weighted by Crippen LogP contribution is -2.45. The van der Waals surface area contributed by atoms with Crippen LogP contribution in [0.5, 0.6) is 5.75 Å². The van der Waals surface area contributed by atoms with Crippen molar-refractivity contribution in [1.29, 1.82) is 0 Å². The Balaban J connectivity index is 0.00000241. The van der Waals surface area contributed by atoms with Gasteiger partial charge in [0.05, 0.1) is 28.5 Å². The number of nitrogens with zero attached hydrogens (tertiary/aromatic N) is 5. The van der Waals surface area contributed by atoms with Crippen LogP contribution in [0.2, 0.25) is 0 Å². The van der Waals surface area contributed by atoms with Gasteiger partial charge in [0.1, 0.15) is 11.3 Å². The zero-order valence-electron chi connectivity index (χ0n) is 19.4. The van der Waals surface area contributed by atoms with Gasteiger partial charge in [-0.25, -0.2) is 9.97 Å². The number of hydrogen-bond acceptors (Lipinski definition) is 6. The van der Waals surface area contributed by atoms with Crippen molar-refractivity contribution < 1.29 is 9.53 Å². The average Bonchev–Trinajstić information content (AvgIpc) is 3.26. The highest BCUT2D eigenvalue weighted by Crippen LogP contribution is 2.38. The summed E-state index contributed by atoms with van der Waals surface area (Å²) in [6, 6.07) is 5.94. The van der Waals surface area contributed by atoms with Gasteiger partial charge in [0.25, 0.3) is 5.91 Å². The van der Waals surface area contributed by atoms with Crippen LogP contribution in [-0.4, -0.2) is 56.2 Å². The molecule has 2 aliphatic rings. The van der Waals surface area contributed by atoms with Crippen LogP contribution in [0.1, 0.15) is 36.0 Å². The minimum Gasteiger partial charge on any atom is -0.494 e. The molecule has 0 bridgehead atoms. The van der Waals surface area contributed by atoms with Gasteiger partial charge in [0.2, 0.25) is 0 Å². The van der Waals surface area contributed by atoms with E-state index in [1.54, 1.807) is 18.4 Å². The summed E-state index contributed by atoms with van der Waals surface area (Å²) >= 11 is 1.65. The minimum absolute atomic E-state index is 0. The van der Waals surface area contributed by atoms with Gasteiger partial charge in [-0.1, -0.05) is 0 Å². The Labute approximate surface area is 208 Å². The summed E-state index contributed by atoms with van der Waals surface area (Å²) in [7, 11) is 3.65. The first-order valence-electron chi connectivity index (χ1n) is 11.6. The number of carbonyl (C=O) groups excluding carboxylic acids is 1. The molecule has 6 rings (SSSR count). The second-order valence-electron chi connectivity index (χ2n) is 9.32.